The highest BCUT2D eigenvalue weighted by atomic mass is 16.5. The highest BCUT2D eigenvalue weighted by Crippen LogP contribution is 2.06. The number of carbonyl (C=O) groups excluding carboxylic acids is 1. The summed E-state index contributed by atoms with van der Waals surface area (Å²) in [4.78, 5) is 13.9. The third kappa shape index (κ3) is 6.39. The van der Waals surface area contributed by atoms with Gasteiger partial charge in [0.2, 0.25) is 5.91 Å². The van der Waals surface area contributed by atoms with Gasteiger partial charge in [0.05, 0.1) is 25.1 Å². The highest BCUT2D eigenvalue weighted by Gasteiger charge is 2.20. The van der Waals surface area contributed by atoms with Gasteiger partial charge < -0.3 is 15.4 Å². The van der Waals surface area contributed by atoms with Crippen LogP contribution in [0.1, 0.15) is 18.4 Å². The maximum absolute atomic E-state index is 12.3. The fourth-order valence-corrected chi connectivity index (χ4v) is 2.04. The van der Waals surface area contributed by atoms with Crippen molar-refractivity contribution in [1.29, 1.82) is 5.26 Å². The van der Waals surface area contributed by atoms with E-state index in [-0.39, 0.29) is 5.91 Å². The Morgan fingerprint density at radius 1 is 1.38 bits per heavy atom. The first-order valence-electron chi connectivity index (χ1n) is 7.13. The second-order valence-corrected chi connectivity index (χ2v) is 4.86. The number of hydrogen-bond donors (Lipinski definition) is 1. The second kappa shape index (κ2) is 9.92. The molecule has 5 heteroatoms. The zero-order chi connectivity index (χ0) is 15.5. The van der Waals surface area contributed by atoms with Crippen LogP contribution in [0.3, 0.4) is 0 Å². The number of benzene rings is 1. The Balaban J connectivity index is 2.50. The van der Waals surface area contributed by atoms with Gasteiger partial charge in [0.1, 0.15) is 0 Å². The monoisotopic (exact) mass is 289 g/mol. The molecule has 0 unspecified atom stereocenters. The summed E-state index contributed by atoms with van der Waals surface area (Å²) in [5.74, 6) is -0.113. The molecule has 0 saturated heterocycles. The van der Waals surface area contributed by atoms with Crippen molar-refractivity contribution in [2.45, 2.75) is 25.3 Å². The van der Waals surface area contributed by atoms with Crippen LogP contribution in [0.5, 0.6) is 0 Å². The molecule has 0 spiro atoms. The molecule has 1 amide bonds. The molecule has 1 aromatic rings. The number of nitrogens with zero attached hydrogens (tertiary/aromatic N) is 2. The number of hydrogen-bond acceptors (Lipinski definition) is 4. The van der Waals surface area contributed by atoms with Gasteiger partial charge in [0.15, 0.2) is 0 Å². The second-order valence-electron chi connectivity index (χ2n) is 4.86. The number of aryl methyl sites for hydroxylation is 1. The molecule has 0 fully saturated rings. The quantitative estimate of drug-likeness (QED) is 0.744. The van der Waals surface area contributed by atoms with Gasteiger partial charge in [0, 0.05) is 20.2 Å². The lowest BCUT2D eigenvalue weighted by atomic mass is 10.0. The van der Waals surface area contributed by atoms with Crippen molar-refractivity contribution in [2.75, 3.05) is 26.8 Å². The molecule has 1 rings (SSSR count). The lowest BCUT2D eigenvalue weighted by Crippen LogP contribution is -2.45. The molecule has 0 aliphatic rings. The average Bonchev–Trinajstić information content (AvgIpc) is 2.53. The number of carbonyl (C=O) groups is 1. The third-order valence-corrected chi connectivity index (χ3v) is 3.27. The normalized spacial score (nSPS) is 11.7. The Kier molecular flexibility index (Phi) is 8.10. The number of ether oxygens (including phenoxy) is 1. The van der Waals surface area contributed by atoms with Gasteiger partial charge in [0.25, 0.3) is 0 Å². The number of methoxy groups -OCH3 is 1. The fraction of sp³-hybridized carbons (Fsp3) is 0.500. The van der Waals surface area contributed by atoms with Gasteiger partial charge in [-0.15, -0.1) is 0 Å². The van der Waals surface area contributed by atoms with Crippen LogP contribution in [-0.2, 0) is 16.0 Å². The van der Waals surface area contributed by atoms with E-state index in [1.165, 1.54) is 5.56 Å². The van der Waals surface area contributed by atoms with E-state index in [2.05, 4.69) is 6.07 Å². The maximum atomic E-state index is 12.3. The number of rotatable bonds is 9. The first kappa shape index (κ1) is 17.2. The van der Waals surface area contributed by atoms with Gasteiger partial charge in [-0.3, -0.25) is 4.79 Å². The van der Waals surface area contributed by atoms with Gasteiger partial charge in [-0.25, -0.2) is 0 Å². The predicted octanol–water partition coefficient (Wildman–Crippen LogP) is 1.34. The minimum absolute atomic E-state index is 0.113. The number of amides is 1. The lowest BCUT2D eigenvalue weighted by Gasteiger charge is -2.24. The zero-order valence-corrected chi connectivity index (χ0v) is 12.5. The van der Waals surface area contributed by atoms with Crippen LogP contribution in [0.15, 0.2) is 30.3 Å². The van der Waals surface area contributed by atoms with E-state index < -0.39 is 6.04 Å². The molecule has 0 aliphatic carbocycles. The third-order valence-electron chi connectivity index (χ3n) is 3.27. The zero-order valence-electron chi connectivity index (χ0n) is 12.5. The topological polar surface area (TPSA) is 79.3 Å². The average molecular weight is 289 g/mol. The first-order valence-corrected chi connectivity index (χ1v) is 7.13. The van der Waals surface area contributed by atoms with Crippen LogP contribution in [0.4, 0.5) is 0 Å². The van der Waals surface area contributed by atoms with Crippen LogP contribution in [0.2, 0.25) is 0 Å². The molecular weight excluding hydrogens is 266 g/mol. The SMILES string of the molecule is COCCN(CCC#N)C(=O)[C@@H](N)CCc1ccccc1. The van der Waals surface area contributed by atoms with Crippen LogP contribution >= 0.6 is 0 Å². The van der Waals surface area contributed by atoms with E-state index in [9.17, 15) is 4.79 Å². The molecule has 21 heavy (non-hydrogen) atoms. The Hall–Kier alpha value is -1.90. The van der Waals surface area contributed by atoms with Gasteiger partial charge in [-0.1, -0.05) is 30.3 Å². The van der Waals surface area contributed by atoms with Crippen molar-refractivity contribution in [3.8, 4) is 6.07 Å². The molecule has 114 valence electrons. The molecule has 0 heterocycles. The molecule has 5 nitrogen and oxygen atoms in total. The molecule has 0 saturated carbocycles. The van der Waals surface area contributed by atoms with Crippen molar-refractivity contribution in [3.05, 3.63) is 35.9 Å². The molecule has 0 radical (unpaired) electrons. The van der Waals surface area contributed by atoms with E-state index in [4.69, 9.17) is 15.7 Å². The van der Waals surface area contributed by atoms with E-state index >= 15 is 0 Å². The fourth-order valence-electron chi connectivity index (χ4n) is 2.04. The van der Waals surface area contributed by atoms with E-state index in [0.29, 0.717) is 32.5 Å². The Morgan fingerprint density at radius 3 is 2.71 bits per heavy atom. The van der Waals surface area contributed by atoms with Gasteiger partial charge in [-0.2, -0.15) is 5.26 Å². The standard InChI is InChI=1S/C16H23N3O2/c1-21-13-12-19(11-5-10-17)16(20)15(18)9-8-14-6-3-2-4-7-14/h2-4,6-7,15H,5,8-9,11-13,18H2,1H3/t15-/m0/s1. The summed E-state index contributed by atoms with van der Waals surface area (Å²) in [7, 11) is 1.59. The molecular formula is C16H23N3O2. The molecule has 1 aromatic carbocycles. The molecule has 0 aromatic heterocycles. The Bertz CT molecular complexity index is 456. The first-order chi connectivity index (χ1) is 10.2. The lowest BCUT2D eigenvalue weighted by molar-refractivity contribution is -0.133. The summed E-state index contributed by atoms with van der Waals surface area (Å²) in [6.07, 6.45) is 1.67. The largest absolute Gasteiger partial charge is 0.383 e. The number of nitriles is 1. The summed E-state index contributed by atoms with van der Waals surface area (Å²) < 4.78 is 4.99. The van der Waals surface area contributed by atoms with E-state index in [0.717, 1.165) is 6.42 Å². The molecule has 0 bridgehead atoms. The molecule has 0 aliphatic heterocycles. The van der Waals surface area contributed by atoms with Crippen LogP contribution in [0.25, 0.3) is 0 Å². The molecule has 1 atom stereocenters. The maximum Gasteiger partial charge on any atom is 0.239 e. The minimum Gasteiger partial charge on any atom is -0.383 e. The predicted molar refractivity (Wildman–Crippen MR) is 81.4 cm³/mol. The Morgan fingerprint density at radius 2 is 2.10 bits per heavy atom. The number of nitrogens with two attached hydrogens (primary N) is 1. The van der Waals surface area contributed by atoms with Gasteiger partial charge >= 0.3 is 0 Å². The van der Waals surface area contributed by atoms with Crippen molar-refractivity contribution >= 4 is 5.91 Å². The summed E-state index contributed by atoms with van der Waals surface area (Å²) in [5, 5.41) is 8.66. The van der Waals surface area contributed by atoms with E-state index in [1.807, 2.05) is 30.3 Å². The summed E-state index contributed by atoms with van der Waals surface area (Å²) in [6, 6.07) is 11.5. The van der Waals surface area contributed by atoms with Crippen LogP contribution in [0, 0.1) is 11.3 Å². The smallest absolute Gasteiger partial charge is 0.239 e. The van der Waals surface area contributed by atoms with Crippen LogP contribution in [-0.4, -0.2) is 43.7 Å². The summed E-state index contributed by atoms with van der Waals surface area (Å²) >= 11 is 0. The highest BCUT2D eigenvalue weighted by molar-refractivity contribution is 5.81. The summed E-state index contributed by atoms with van der Waals surface area (Å²) in [6.45, 7) is 1.32. The van der Waals surface area contributed by atoms with Gasteiger partial charge in [-0.05, 0) is 18.4 Å². The van der Waals surface area contributed by atoms with Crippen molar-refractivity contribution in [1.82, 2.24) is 4.90 Å². The van der Waals surface area contributed by atoms with Crippen molar-refractivity contribution in [2.24, 2.45) is 5.73 Å². The Labute approximate surface area is 126 Å². The summed E-state index contributed by atoms with van der Waals surface area (Å²) in [5.41, 5.74) is 7.16. The van der Waals surface area contributed by atoms with Crippen molar-refractivity contribution in [3.63, 3.8) is 0 Å². The van der Waals surface area contributed by atoms with Crippen LogP contribution < -0.4 is 5.73 Å². The minimum atomic E-state index is -0.541. The molecule has 2 N–H and O–H groups in total. The van der Waals surface area contributed by atoms with E-state index in [1.54, 1.807) is 12.0 Å². The van der Waals surface area contributed by atoms with Crippen molar-refractivity contribution < 1.29 is 9.53 Å².